The zero-order valence-electron chi connectivity index (χ0n) is 13.1. The number of nitrogens with two attached hydrogens (primary N) is 1. The van der Waals surface area contributed by atoms with Crippen molar-refractivity contribution in [3.63, 3.8) is 0 Å². The van der Waals surface area contributed by atoms with E-state index in [1.165, 1.54) is 0 Å². The molecule has 3 N–H and O–H groups in total. The third-order valence-corrected chi connectivity index (χ3v) is 3.53. The fourth-order valence-electron chi connectivity index (χ4n) is 2.40. The van der Waals surface area contributed by atoms with E-state index in [2.05, 4.69) is 15.0 Å². The van der Waals surface area contributed by atoms with Crippen LogP contribution in [-0.2, 0) is 7.05 Å². The highest BCUT2D eigenvalue weighted by Gasteiger charge is 2.23. The van der Waals surface area contributed by atoms with Crippen LogP contribution in [0.5, 0.6) is 0 Å². The van der Waals surface area contributed by atoms with Gasteiger partial charge in [0, 0.05) is 24.2 Å². The largest absolute Gasteiger partial charge is 0.382 e. The van der Waals surface area contributed by atoms with Gasteiger partial charge in [0.15, 0.2) is 17.4 Å². The van der Waals surface area contributed by atoms with Crippen LogP contribution in [0.25, 0.3) is 22.7 Å². The Kier molecular flexibility index (Phi) is 3.05. The lowest BCUT2D eigenvalue weighted by molar-refractivity contribution is 0.0858. The number of fused-ring (bicyclic) bond motifs is 1. The van der Waals surface area contributed by atoms with Crippen molar-refractivity contribution < 1.29 is 4.79 Å². The molecule has 114 valence electrons. The molecule has 6 nitrogen and oxygen atoms in total. The Morgan fingerprint density at radius 1 is 1.27 bits per heavy atom. The van der Waals surface area contributed by atoms with E-state index in [0.717, 1.165) is 11.0 Å². The summed E-state index contributed by atoms with van der Waals surface area (Å²) >= 11 is 0. The molecule has 0 unspecified atom stereocenters. The molecule has 0 amide bonds. The summed E-state index contributed by atoms with van der Waals surface area (Å²) in [5.41, 5.74) is 7.57. The molecule has 0 spiro atoms. The lowest BCUT2D eigenvalue weighted by Crippen LogP contribution is -2.19. The maximum absolute atomic E-state index is 12.4. The zero-order valence-corrected chi connectivity index (χ0v) is 13.1. The molecule has 0 fully saturated rings. The molecule has 0 aliphatic carbocycles. The minimum Gasteiger partial charge on any atom is -0.382 e. The molecule has 2 heterocycles. The number of Topliss-reactive ketones (excluding diaryl/α,β-unsaturated/α-hetero) is 1. The van der Waals surface area contributed by atoms with Crippen LogP contribution in [0.15, 0.2) is 24.4 Å². The van der Waals surface area contributed by atoms with Crippen molar-refractivity contribution in [3.05, 3.63) is 30.0 Å². The maximum Gasteiger partial charge on any atom is 0.178 e. The average Bonchev–Trinajstić information content (AvgIpc) is 2.98. The van der Waals surface area contributed by atoms with Crippen LogP contribution in [-0.4, -0.2) is 25.3 Å². The first-order chi connectivity index (χ1) is 10.3. The molecule has 22 heavy (non-hydrogen) atoms. The number of nitrogens with zero attached hydrogens (tertiary/aromatic N) is 3. The molecule has 1 aromatic carbocycles. The minimum atomic E-state index is -0.412. The van der Waals surface area contributed by atoms with Gasteiger partial charge in [0.1, 0.15) is 5.82 Å². The van der Waals surface area contributed by atoms with Crippen molar-refractivity contribution >= 4 is 22.6 Å². The quantitative estimate of drug-likeness (QED) is 0.712. The molecule has 0 radical (unpaired) electrons. The average molecular weight is 297 g/mol. The number of hydrogen-bond acceptors (Lipinski definition) is 4. The number of nitrogen functional groups attached to an aromatic ring is 1. The van der Waals surface area contributed by atoms with Gasteiger partial charge in [-0.05, 0) is 18.2 Å². The normalized spacial score (nSPS) is 12.0. The standard InChI is InChI=1S/C16H19N5O/c1-16(2,3)13(22)9-5-6-10-11(7-9)19-14(18-10)15-20-12(17)8-21(15)4/h5-8H,17H2,1-4H3,(H,18,19). The van der Waals surface area contributed by atoms with Gasteiger partial charge in [-0.25, -0.2) is 9.97 Å². The van der Waals surface area contributed by atoms with Crippen LogP contribution in [0.1, 0.15) is 31.1 Å². The minimum absolute atomic E-state index is 0.104. The summed E-state index contributed by atoms with van der Waals surface area (Å²) in [7, 11) is 1.86. The van der Waals surface area contributed by atoms with Crippen molar-refractivity contribution in [2.24, 2.45) is 12.5 Å². The highest BCUT2D eigenvalue weighted by atomic mass is 16.1. The van der Waals surface area contributed by atoms with E-state index in [4.69, 9.17) is 5.73 Å². The maximum atomic E-state index is 12.4. The van der Waals surface area contributed by atoms with Gasteiger partial charge in [-0.2, -0.15) is 0 Å². The third-order valence-electron chi connectivity index (χ3n) is 3.53. The van der Waals surface area contributed by atoms with Gasteiger partial charge in [-0.3, -0.25) is 4.79 Å². The number of aromatic nitrogens is 4. The van der Waals surface area contributed by atoms with Crippen molar-refractivity contribution in [2.45, 2.75) is 20.8 Å². The molecule has 2 aromatic heterocycles. The second-order valence-electron chi connectivity index (χ2n) is 6.50. The van der Waals surface area contributed by atoms with E-state index in [9.17, 15) is 4.79 Å². The van der Waals surface area contributed by atoms with E-state index in [1.54, 1.807) is 6.20 Å². The van der Waals surface area contributed by atoms with Gasteiger partial charge in [-0.15, -0.1) is 0 Å². The first-order valence-corrected chi connectivity index (χ1v) is 7.09. The molecule has 6 heteroatoms. The van der Waals surface area contributed by atoms with Crippen LogP contribution in [0.4, 0.5) is 5.82 Å². The van der Waals surface area contributed by atoms with E-state index < -0.39 is 5.41 Å². The monoisotopic (exact) mass is 297 g/mol. The number of anilines is 1. The number of carbonyl (C=O) groups excluding carboxylic acids is 1. The van der Waals surface area contributed by atoms with E-state index in [1.807, 2.05) is 50.6 Å². The second-order valence-corrected chi connectivity index (χ2v) is 6.50. The van der Waals surface area contributed by atoms with Gasteiger partial charge < -0.3 is 15.3 Å². The first-order valence-electron chi connectivity index (χ1n) is 7.09. The Morgan fingerprint density at radius 2 is 2.00 bits per heavy atom. The Hall–Kier alpha value is -2.63. The molecule has 0 saturated heterocycles. The molecular weight excluding hydrogens is 278 g/mol. The summed E-state index contributed by atoms with van der Waals surface area (Å²) in [5.74, 6) is 1.85. The summed E-state index contributed by atoms with van der Waals surface area (Å²) in [6.07, 6.45) is 1.73. The van der Waals surface area contributed by atoms with Crippen LogP contribution < -0.4 is 5.73 Å². The summed E-state index contributed by atoms with van der Waals surface area (Å²) in [6, 6.07) is 5.50. The van der Waals surface area contributed by atoms with Gasteiger partial charge in [-0.1, -0.05) is 20.8 Å². The summed E-state index contributed by atoms with van der Waals surface area (Å²) < 4.78 is 1.81. The van der Waals surface area contributed by atoms with Crippen LogP contribution in [0.2, 0.25) is 0 Å². The number of carbonyl (C=O) groups is 1. The number of hydrogen-bond donors (Lipinski definition) is 2. The molecule has 0 saturated carbocycles. The fourth-order valence-corrected chi connectivity index (χ4v) is 2.40. The molecule has 3 rings (SSSR count). The Labute approximate surface area is 128 Å². The van der Waals surface area contributed by atoms with Crippen LogP contribution in [0, 0.1) is 5.41 Å². The van der Waals surface area contributed by atoms with Crippen LogP contribution >= 0.6 is 0 Å². The van der Waals surface area contributed by atoms with Gasteiger partial charge >= 0.3 is 0 Å². The molecule has 3 aromatic rings. The topological polar surface area (TPSA) is 89.6 Å². The first kappa shape index (κ1) is 14.3. The van der Waals surface area contributed by atoms with E-state index in [-0.39, 0.29) is 5.78 Å². The summed E-state index contributed by atoms with van der Waals surface area (Å²) in [5, 5.41) is 0. The van der Waals surface area contributed by atoms with Crippen molar-refractivity contribution in [1.29, 1.82) is 0 Å². The number of benzene rings is 1. The molecule has 0 aliphatic rings. The van der Waals surface area contributed by atoms with Crippen molar-refractivity contribution in [3.8, 4) is 11.6 Å². The lowest BCUT2D eigenvalue weighted by Gasteiger charge is -2.16. The van der Waals surface area contributed by atoms with Gasteiger partial charge in [0.05, 0.1) is 11.0 Å². The van der Waals surface area contributed by atoms with Gasteiger partial charge in [0.25, 0.3) is 0 Å². The van der Waals surface area contributed by atoms with E-state index in [0.29, 0.717) is 23.0 Å². The molecule has 0 bridgehead atoms. The SMILES string of the molecule is Cn1cc(N)nc1-c1nc2ccc(C(=O)C(C)(C)C)cc2[nH]1. The number of aromatic amines is 1. The highest BCUT2D eigenvalue weighted by molar-refractivity contribution is 6.02. The number of H-pyrrole nitrogens is 1. The predicted molar refractivity (Wildman–Crippen MR) is 86.5 cm³/mol. The van der Waals surface area contributed by atoms with E-state index >= 15 is 0 Å². The summed E-state index contributed by atoms with van der Waals surface area (Å²) in [6.45, 7) is 5.73. The molecular formula is C16H19N5O. The Bertz CT molecular complexity index is 866. The van der Waals surface area contributed by atoms with Crippen molar-refractivity contribution in [1.82, 2.24) is 19.5 Å². The number of imidazole rings is 2. The summed E-state index contributed by atoms with van der Waals surface area (Å²) in [4.78, 5) is 24.4. The number of aryl methyl sites for hydroxylation is 1. The van der Waals surface area contributed by atoms with Crippen molar-refractivity contribution in [2.75, 3.05) is 5.73 Å². The zero-order chi connectivity index (χ0) is 16.1. The molecule has 0 atom stereocenters. The third kappa shape index (κ3) is 2.36. The number of rotatable bonds is 2. The van der Waals surface area contributed by atoms with Crippen LogP contribution in [0.3, 0.4) is 0 Å². The predicted octanol–water partition coefficient (Wildman–Crippen LogP) is 2.77. The Balaban J connectivity index is 2.08. The number of ketones is 1. The molecule has 0 aliphatic heterocycles. The highest BCUT2D eigenvalue weighted by Crippen LogP contribution is 2.25. The second kappa shape index (κ2) is 4.69. The smallest absolute Gasteiger partial charge is 0.178 e. The van der Waals surface area contributed by atoms with Gasteiger partial charge in [0.2, 0.25) is 0 Å². The fraction of sp³-hybridized carbons (Fsp3) is 0.312. The Morgan fingerprint density at radius 3 is 2.59 bits per heavy atom. The number of nitrogens with one attached hydrogen (secondary N) is 1. The lowest BCUT2D eigenvalue weighted by atomic mass is 9.86.